The summed E-state index contributed by atoms with van der Waals surface area (Å²) < 4.78 is 11.8. The molecular weight excluding hydrogens is 460 g/mol. The number of fused-ring (bicyclic) bond motifs is 8. The SMILES string of the molecule is CN1c2ccc3c(c2OC1c1ccccc1)c1ccccc1n3-c1cccc2c1sc1ccccc12. The molecule has 2 aromatic heterocycles. The number of anilines is 1. The first-order chi connectivity index (χ1) is 17.8. The quantitative estimate of drug-likeness (QED) is 0.245. The lowest BCUT2D eigenvalue weighted by Crippen LogP contribution is -2.22. The Hall–Kier alpha value is -4.28. The van der Waals surface area contributed by atoms with Crippen LogP contribution in [-0.2, 0) is 0 Å². The van der Waals surface area contributed by atoms with Gasteiger partial charge in [-0.1, -0.05) is 78.9 Å². The molecule has 0 bridgehead atoms. The topological polar surface area (TPSA) is 17.4 Å². The molecule has 5 aromatic carbocycles. The highest BCUT2D eigenvalue weighted by Gasteiger charge is 2.32. The molecule has 0 fully saturated rings. The van der Waals surface area contributed by atoms with Gasteiger partial charge in [0.1, 0.15) is 0 Å². The van der Waals surface area contributed by atoms with Crippen LogP contribution in [0.25, 0.3) is 47.7 Å². The number of hydrogen-bond donors (Lipinski definition) is 0. The van der Waals surface area contributed by atoms with Gasteiger partial charge in [-0.15, -0.1) is 11.3 Å². The summed E-state index contributed by atoms with van der Waals surface area (Å²) in [4.78, 5) is 2.24. The number of para-hydroxylation sites is 1. The largest absolute Gasteiger partial charge is 0.463 e. The van der Waals surface area contributed by atoms with E-state index in [0.29, 0.717) is 0 Å². The highest BCUT2D eigenvalue weighted by molar-refractivity contribution is 7.26. The third-order valence-corrected chi connectivity index (χ3v) is 8.65. The van der Waals surface area contributed by atoms with E-state index in [9.17, 15) is 0 Å². The molecule has 4 heteroatoms. The minimum absolute atomic E-state index is 0.139. The number of rotatable bonds is 2. The lowest BCUT2D eigenvalue weighted by molar-refractivity contribution is 0.238. The van der Waals surface area contributed by atoms with Gasteiger partial charge in [-0.3, -0.25) is 0 Å². The van der Waals surface area contributed by atoms with Gasteiger partial charge in [-0.2, -0.15) is 0 Å². The normalized spacial score (nSPS) is 15.2. The third kappa shape index (κ3) is 2.62. The smallest absolute Gasteiger partial charge is 0.198 e. The highest BCUT2D eigenvalue weighted by Crippen LogP contribution is 2.50. The Morgan fingerprint density at radius 2 is 1.39 bits per heavy atom. The van der Waals surface area contributed by atoms with E-state index < -0.39 is 0 Å². The Balaban J connectivity index is 1.44. The van der Waals surface area contributed by atoms with Crippen LogP contribution in [0.5, 0.6) is 5.75 Å². The van der Waals surface area contributed by atoms with E-state index in [4.69, 9.17) is 4.74 Å². The van der Waals surface area contributed by atoms with Crippen LogP contribution < -0.4 is 9.64 Å². The highest BCUT2D eigenvalue weighted by atomic mass is 32.1. The summed E-state index contributed by atoms with van der Waals surface area (Å²) in [6, 6.07) is 39.0. The summed E-state index contributed by atoms with van der Waals surface area (Å²) >= 11 is 1.87. The molecule has 8 rings (SSSR count). The molecule has 1 aliphatic rings. The molecule has 36 heavy (non-hydrogen) atoms. The second-order valence-electron chi connectivity index (χ2n) is 9.40. The number of thiophene rings is 1. The maximum atomic E-state index is 6.73. The summed E-state index contributed by atoms with van der Waals surface area (Å²) in [6.07, 6.45) is -0.139. The van der Waals surface area contributed by atoms with Crippen LogP contribution in [0.3, 0.4) is 0 Å². The van der Waals surface area contributed by atoms with E-state index in [2.05, 4.69) is 120 Å². The maximum absolute atomic E-state index is 6.73. The van der Waals surface area contributed by atoms with Crippen molar-refractivity contribution in [3.8, 4) is 11.4 Å². The zero-order valence-corrected chi connectivity index (χ0v) is 20.5. The first-order valence-electron chi connectivity index (χ1n) is 12.2. The van der Waals surface area contributed by atoms with Crippen molar-refractivity contribution in [3.05, 3.63) is 115 Å². The average molecular weight is 483 g/mol. The molecule has 0 amide bonds. The Morgan fingerprint density at radius 1 is 0.639 bits per heavy atom. The third-order valence-electron chi connectivity index (χ3n) is 7.44. The van der Waals surface area contributed by atoms with Crippen LogP contribution in [0, 0.1) is 0 Å². The summed E-state index contributed by atoms with van der Waals surface area (Å²) in [5, 5.41) is 5.01. The molecule has 0 radical (unpaired) electrons. The van der Waals surface area contributed by atoms with Crippen molar-refractivity contribution in [2.45, 2.75) is 6.23 Å². The van der Waals surface area contributed by atoms with Crippen molar-refractivity contribution in [2.75, 3.05) is 11.9 Å². The van der Waals surface area contributed by atoms with Crippen LogP contribution in [0.15, 0.2) is 109 Å². The monoisotopic (exact) mass is 482 g/mol. The number of hydrogen-bond acceptors (Lipinski definition) is 3. The van der Waals surface area contributed by atoms with Crippen LogP contribution in [0.4, 0.5) is 5.69 Å². The van der Waals surface area contributed by atoms with Crippen LogP contribution in [-0.4, -0.2) is 11.6 Å². The standard InChI is InChI=1S/C32H22N2OS/c1-33-26-19-18-25-29(30(26)35-32(33)20-10-3-2-4-11-20)23-13-5-7-15-24(23)34(25)27-16-9-14-22-21-12-6-8-17-28(21)36-31(22)27/h2-19,32H,1H3. The maximum Gasteiger partial charge on any atom is 0.198 e. The molecule has 3 heterocycles. The molecular formula is C32H22N2OS. The lowest BCUT2D eigenvalue weighted by atomic mass is 10.1. The molecule has 0 saturated carbocycles. The van der Waals surface area contributed by atoms with E-state index in [1.165, 1.54) is 47.7 Å². The molecule has 1 unspecified atom stereocenters. The summed E-state index contributed by atoms with van der Waals surface area (Å²) in [5.74, 6) is 0.960. The molecule has 0 N–H and O–H groups in total. The van der Waals surface area contributed by atoms with Gasteiger partial charge in [-0.25, -0.2) is 0 Å². The number of aromatic nitrogens is 1. The minimum atomic E-state index is -0.139. The average Bonchev–Trinajstić information content (AvgIpc) is 3.58. The second-order valence-corrected chi connectivity index (χ2v) is 10.5. The molecule has 0 aliphatic carbocycles. The van der Waals surface area contributed by atoms with E-state index in [-0.39, 0.29) is 6.23 Å². The van der Waals surface area contributed by atoms with Gasteiger partial charge < -0.3 is 14.2 Å². The van der Waals surface area contributed by atoms with Crippen LogP contribution >= 0.6 is 11.3 Å². The van der Waals surface area contributed by atoms with Gasteiger partial charge in [0.15, 0.2) is 12.0 Å². The summed E-state index contributed by atoms with van der Waals surface area (Å²) in [6.45, 7) is 0. The lowest BCUT2D eigenvalue weighted by Gasteiger charge is -2.20. The van der Waals surface area contributed by atoms with Crippen molar-refractivity contribution >= 4 is 59.0 Å². The fourth-order valence-corrected chi connectivity index (χ4v) is 7.02. The molecule has 3 nitrogen and oxygen atoms in total. The Labute approximate surface area is 212 Å². The summed E-state index contributed by atoms with van der Waals surface area (Å²) in [5.41, 5.74) is 5.86. The van der Waals surface area contributed by atoms with Crippen molar-refractivity contribution in [1.29, 1.82) is 0 Å². The van der Waals surface area contributed by atoms with Crippen molar-refractivity contribution in [2.24, 2.45) is 0 Å². The number of benzene rings is 5. The van der Waals surface area contributed by atoms with Gasteiger partial charge in [0.05, 0.1) is 32.5 Å². The minimum Gasteiger partial charge on any atom is -0.463 e. The van der Waals surface area contributed by atoms with E-state index in [1.54, 1.807) is 0 Å². The first-order valence-corrected chi connectivity index (χ1v) is 13.0. The predicted molar refractivity (Wildman–Crippen MR) is 152 cm³/mol. The molecule has 172 valence electrons. The van der Waals surface area contributed by atoms with Gasteiger partial charge >= 0.3 is 0 Å². The molecule has 0 saturated heterocycles. The molecule has 7 aromatic rings. The van der Waals surface area contributed by atoms with E-state index in [0.717, 1.165) is 17.0 Å². The summed E-state index contributed by atoms with van der Waals surface area (Å²) in [7, 11) is 2.12. The van der Waals surface area contributed by atoms with E-state index >= 15 is 0 Å². The van der Waals surface area contributed by atoms with Gasteiger partial charge in [0.2, 0.25) is 0 Å². The Morgan fingerprint density at radius 3 is 2.28 bits per heavy atom. The Kier molecular flexibility index (Phi) is 4.08. The van der Waals surface area contributed by atoms with Crippen molar-refractivity contribution < 1.29 is 4.74 Å². The number of nitrogens with zero attached hydrogens (tertiary/aromatic N) is 2. The fourth-order valence-electron chi connectivity index (χ4n) is 5.81. The Bertz CT molecular complexity index is 1950. The van der Waals surface area contributed by atoms with Crippen molar-refractivity contribution in [3.63, 3.8) is 0 Å². The molecule has 1 aliphatic heterocycles. The predicted octanol–water partition coefficient (Wildman–Crippen LogP) is 8.68. The van der Waals surface area contributed by atoms with Crippen LogP contribution in [0.2, 0.25) is 0 Å². The van der Waals surface area contributed by atoms with E-state index in [1.807, 2.05) is 17.4 Å². The first kappa shape index (κ1) is 20.0. The zero-order chi connectivity index (χ0) is 23.8. The van der Waals surface area contributed by atoms with Gasteiger partial charge in [0.25, 0.3) is 0 Å². The van der Waals surface area contributed by atoms with Gasteiger partial charge in [-0.05, 0) is 30.3 Å². The fraction of sp³-hybridized carbons (Fsp3) is 0.0625. The van der Waals surface area contributed by atoms with Gasteiger partial charge in [0, 0.05) is 33.5 Å². The zero-order valence-electron chi connectivity index (χ0n) is 19.7. The molecule has 1 atom stereocenters. The number of ether oxygens (including phenoxy) is 1. The van der Waals surface area contributed by atoms with Crippen LogP contribution in [0.1, 0.15) is 11.8 Å². The second kappa shape index (κ2) is 7.36. The molecule has 0 spiro atoms. The van der Waals surface area contributed by atoms with Crippen molar-refractivity contribution in [1.82, 2.24) is 4.57 Å².